The average Bonchev–Trinajstić information content (AvgIpc) is 2.93. The van der Waals surface area contributed by atoms with E-state index in [2.05, 4.69) is 23.5 Å². The van der Waals surface area contributed by atoms with Crippen LogP contribution < -0.4 is 0 Å². The lowest BCUT2D eigenvalue weighted by Crippen LogP contribution is -2.14. The van der Waals surface area contributed by atoms with Gasteiger partial charge in [0.1, 0.15) is 11.4 Å². The zero-order valence-electron chi connectivity index (χ0n) is 12.1. The smallest absolute Gasteiger partial charge is 0.309 e. The van der Waals surface area contributed by atoms with E-state index >= 15 is 0 Å². The van der Waals surface area contributed by atoms with Crippen LogP contribution in [0.4, 0.5) is 0 Å². The van der Waals surface area contributed by atoms with Gasteiger partial charge in [-0.05, 0) is 12.0 Å². The topological polar surface area (TPSA) is 65.2 Å². The summed E-state index contributed by atoms with van der Waals surface area (Å²) in [6.45, 7) is 11.4. The highest BCUT2D eigenvalue weighted by Gasteiger charge is 2.25. The van der Waals surface area contributed by atoms with Crippen molar-refractivity contribution in [2.24, 2.45) is 5.92 Å². The molecule has 1 rings (SSSR count). The highest BCUT2D eigenvalue weighted by Crippen LogP contribution is 2.32. The first-order valence-electron chi connectivity index (χ1n) is 6.38. The molecule has 0 aromatic carbocycles. The zero-order valence-corrected chi connectivity index (χ0v) is 12.1. The van der Waals surface area contributed by atoms with Gasteiger partial charge in [-0.15, -0.1) is 0 Å². The van der Waals surface area contributed by atoms with Gasteiger partial charge in [-0.2, -0.15) is 0 Å². The van der Waals surface area contributed by atoms with Crippen LogP contribution in [0.15, 0.2) is 35.5 Å². The molecule has 0 fully saturated rings. The summed E-state index contributed by atoms with van der Waals surface area (Å²) in [6, 6.07) is 0. The second-order valence-electron chi connectivity index (χ2n) is 4.55. The number of nitrogens with zero attached hydrogens (tertiary/aromatic N) is 2. The quantitative estimate of drug-likeness (QED) is 0.565. The van der Waals surface area contributed by atoms with Crippen LogP contribution in [0.3, 0.4) is 0 Å². The summed E-state index contributed by atoms with van der Waals surface area (Å²) in [4.78, 5) is 11.5. The van der Waals surface area contributed by atoms with Crippen LogP contribution in [0, 0.1) is 5.92 Å². The fourth-order valence-electron chi connectivity index (χ4n) is 1.98. The molecule has 20 heavy (non-hydrogen) atoms. The number of carbonyl (C=O) groups is 1. The second kappa shape index (κ2) is 7.43. The van der Waals surface area contributed by atoms with Crippen molar-refractivity contribution in [3.8, 4) is 0 Å². The van der Waals surface area contributed by atoms with E-state index in [4.69, 9.17) is 9.37 Å². The fourth-order valence-corrected chi connectivity index (χ4v) is 1.98. The van der Waals surface area contributed by atoms with Crippen LogP contribution >= 0.6 is 0 Å². The second-order valence-corrected chi connectivity index (χ2v) is 4.55. The van der Waals surface area contributed by atoms with E-state index in [9.17, 15) is 4.79 Å². The molecule has 5 nitrogen and oxygen atoms in total. The first kappa shape index (κ1) is 15.9. The summed E-state index contributed by atoms with van der Waals surface area (Å²) in [7, 11) is 1.37. The largest absolute Gasteiger partial charge is 0.469 e. The molecule has 2 unspecified atom stereocenters. The zero-order chi connectivity index (χ0) is 15.1. The molecule has 0 aliphatic carbocycles. The van der Waals surface area contributed by atoms with Gasteiger partial charge in [0.25, 0.3) is 0 Å². The summed E-state index contributed by atoms with van der Waals surface area (Å²) in [5.74, 6) is -0.179. The van der Waals surface area contributed by atoms with E-state index in [1.165, 1.54) is 7.11 Å². The van der Waals surface area contributed by atoms with E-state index in [1.807, 2.05) is 19.9 Å². The lowest BCUT2D eigenvalue weighted by atomic mass is 9.84. The summed E-state index contributed by atoms with van der Waals surface area (Å²) < 4.78 is 9.46. The fraction of sp³-hybridized carbons (Fsp3) is 0.400. The molecule has 0 saturated heterocycles. The molecule has 0 radical (unpaired) electrons. The third-order valence-corrected chi connectivity index (χ3v) is 3.41. The standard InChI is InChI=1S/C15H20N2O3/c1-6-8-12(9-14(18)19-5)10(3)11(4)15-13(7-2)16-20-17-15/h6-8,10-11H,1-2,9H2,3-5H3/b12-8-. The van der Waals surface area contributed by atoms with E-state index < -0.39 is 0 Å². The number of rotatable bonds is 7. The third kappa shape index (κ3) is 3.66. The van der Waals surface area contributed by atoms with Crippen LogP contribution in [0.1, 0.15) is 37.6 Å². The van der Waals surface area contributed by atoms with Crippen molar-refractivity contribution in [1.82, 2.24) is 10.3 Å². The molecule has 0 N–H and O–H groups in total. The summed E-state index contributed by atoms with van der Waals surface area (Å²) in [5.41, 5.74) is 2.28. The third-order valence-electron chi connectivity index (χ3n) is 3.41. The Morgan fingerprint density at radius 1 is 1.40 bits per heavy atom. The van der Waals surface area contributed by atoms with Gasteiger partial charge in [0.2, 0.25) is 0 Å². The van der Waals surface area contributed by atoms with Gasteiger partial charge in [-0.1, -0.05) is 55.0 Å². The van der Waals surface area contributed by atoms with Crippen LogP contribution in [0.2, 0.25) is 0 Å². The van der Waals surface area contributed by atoms with Crippen molar-refractivity contribution in [3.05, 3.63) is 42.3 Å². The number of hydrogen-bond donors (Lipinski definition) is 0. The monoisotopic (exact) mass is 276 g/mol. The molecule has 0 spiro atoms. The highest BCUT2D eigenvalue weighted by atomic mass is 16.6. The van der Waals surface area contributed by atoms with Gasteiger partial charge in [0, 0.05) is 5.92 Å². The van der Waals surface area contributed by atoms with Gasteiger partial charge < -0.3 is 4.74 Å². The number of methoxy groups -OCH3 is 1. The lowest BCUT2D eigenvalue weighted by Gasteiger charge is -2.20. The van der Waals surface area contributed by atoms with E-state index in [1.54, 1.807) is 12.2 Å². The molecule has 5 heteroatoms. The van der Waals surface area contributed by atoms with Crippen LogP contribution in [-0.2, 0) is 9.53 Å². The summed E-state index contributed by atoms with van der Waals surface area (Å²) in [6.07, 6.45) is 5.32. The number of ether oxygens (including phenoxy) is 1. The predicted octanol–water partition coefficient (Wildman–Crippen LogP) is 3.13. The van der Waals surface area contributed by atoms with Crippen molar-refractivity contribution >= 4 is 12.0 Å². The van der Waals surface area contributed by atoms with Gasteiger partial charge in [-0.25, -0.2) is 4.63 Å². The Morgan fingerprint density at radius 3 is 2.65 bits per heavy atom. The first-order valence-corrected chi connectivity index (χ1v) is 6.38. The van der Waals surface area contributed by atoms with Crippen LogP contribution in [0.25, 0.3) is 6.08 Å². The molecule has 1 aromatic heterocycles. The van der Waals surface area contributed by atoms with E-state index in [0.29, 0.717) is 5.69 Å². The van der Waals surface area contributed by atoms with Gasteiger partial charge >= 0.3 is 5.97 Å². The molecule has 2 atom stereocenters. The van der Waals surface area contributed by atoms with Gasteiger partial charge in [0.05, 0.1) is 13.5 Å². The summed E-state index contributed by atoms with van der Waals surface area (Å²) >= 11 is 0. The van der Waals surface area contributed by atoms with Crippen molar-refractivity contribution in [2.75, 3.05) is 7.11 Å². The maximum atomic E-state index is 11.5. The maximum Gasteiger partial charge on any atom is 0.309 e. The van der Waals surface area contributed by atoms with Crippen LogP contribution in [-0.4, -0.2) is 23.4 Å². The number of aromatic nitrogens is 2. The molecule has 1 heterocycles. The Labute approximate surface area is 119 Å². The number of allylic oxidation sites excluding steroid dienone is 2. The van der Waals surface area contributed by atoms with Gasteiger partial charge in [0.15, 0.2) is 0 Å². The molecule has 0 bridgehead atoms. The van der Waals surface area contributed by atoms with Crippen molar-refractivity contribution in [2.45, 2.75) is 26.2 Å². The lowest BCUT2D eigenvalue weighted by molar-refractivity contribution is -0.139. The predicted molar refractivity (Wildman–Crippen MR) is 76.9 cm³/mol. The van der Waals surface area contributed by atoms with Crippen molar-refractivity contribution in [3.63, 3.8) is 0 Å². The Hall–Kier alpha value is -2.17. The molecule has 1 aromatic rings. The normalized spacial score (nSPS) is 14.4. The number of hydrogen-bond acceptors (Lipinski definition) is 5. The first-order chi connectivity index (χ1) is 9.54. The van der Waals surface area contributed by atoms with E-state index in [0.717, 1.165) is 11.3 Å². The highest BCUT2D eigenvalue weighted by molar-refractivity contribution is 5.72. The van der Waals surface area contributed by atoms with Crippen LogP contribution in [0.5, 0.6) is 0 Å². The molecule has 0 saturated carbocycles. The molecule has 108 valence electrons. The minimum atomic E-state index is -0.278. The Morgan fingerprint density at radius 2 is 2.10 bits per heavy atom. The molecular weight excluding hydrogens is 256 g/mol. The van der Waals surface area contributed by atoms with E-state index in [-0.39, 0.29) is 24.2 Å². The number of carbonyl (C=O) groups excluding carboxylic acids is 1. The Bertz CT molecular complexity index is 517. The van der Waals surface area contributed by atoms with Gasteiger partial charge in [-0.3, -0.25) is 4.79 Å². The Balaban J connectivity index is 2.97. The summed E-state index contributed by atoms with van der Waals surface area (Å²) in [5, 5.41) is 7.71. The van der Waals surface area contributed by atoms with Crippen molar-refractivity contribution in [1.29, 1.82) is 0 Å². The minimum absolute atomic E-state index is 0.0325. The maximum absolute atomic E-state index is 11.5. The number of esters is 1. The molecule has 0 aliphatic heterocycles. The minimum Gasteiger partial charge on any atom is -0.469 e. The average molecular weight is 276 g/mol. The van der Waals surface area contributed by atoms with Crippen molar-refractivity contribution < 1.29 is 14.2 Å². The Kier molecular flexibility index (Phi) is 5.90. The molecule has 0 amide bonds. The molecular formula is C15H20N2O3. The SMILES string of the molecule is C=C/C=C(/CC(=O)OC)C(C)C(C)c1nonc1C=C. The molecule has 0 aliphatic rings.